The number of nitrogens with zero attached hydrogens (tertiary/aromatic N) is 1. The molecule has 2 fully saturated rings. The van der Waals surface area contributed by atoms with Crippen LogP contribution in [0, 0.1) is 11.7 Å². The van der Waals surface area contributed by atoms with E-state index in [1.165, 1.54) is 12.1 Å². The van der Waals surface area contributed by atoms with Crippen molar-refractivity contribution < 1.29 is 9.18 Å². The van der Waals surface area contributed by atoms with Crippen molar-refractivity contribution in [3.63, 3.8) is 0 Å². The second kappa shape index (κ2) is 6.78. The van der Waals surface area contributed by atoms with Crippen LogP contribution in [0.1, 0.15) is 56.6 Å². The van der Waals surface area contributed by atoms with Crippen molar-refractivity contribution in [3.05, 3.63) is 35.6 Å². The van der Waals surface area contributed by atoms with Gasteiger partial charge in [-0.25, -0.2) is 4.39 Å². The lowest BCUT2D eigenvalue weighted by molar-refractivity contribution is -0.136. The van der Waals surface area contributed by atoms with E-state index in [1.807, 2.05) is 17.0 Å². The van der Waals surface area contributed by atoms with Gasteiger partial charge in [0.2, 0.25) is 5.91 Å². The molecule has 1 saturated carbocycles. The number of piperidine rings is 1. The molecule has 0 radical (unpaired) electrons. The summed E-state index contributed by atoms with van der Waals surface area (Å²) in [5.41, 5.74) is 7.15. The van der Waals surface area contributed by atoms with Crippen LogP contribution in [0.3, 0.4) is 0 Å². The van der Waals surface area contributed by atoms with Gasteiger partial charge in [0.1, 0.15) is 5.82 Å². The van der Waals surface area contributed by atoms with Gasteiger partial charge in [-0.05, 0) is 55.7 Å². The molecule has 1 aliphatic heterocycles. The van der Waals surface area contributed by atoms with Crippen LogP contribution in [0.25, 0.3) is 0 Å². The second-order valence-electron chi connectivity index (χ2n) is 6.71. The summed E-state index contributed by atoms with van der Waals surface area (Å²) in [6.07, 6.45) is 6.96. The van der Waals surface area contributed by atoms with Crippen molar-refractivity contribution in [2.45, 2.75) is 57.0 Å². The van der Waals surface area contributed by atoms with Crippen molar-refractivity contribution in [2.24, 2.45) is 11.7 Å². The Morgan fingerprint density at radius 2 is 1.91 bits per heavy atom. The molecule has 1 aliphatic carbocycles. The Hall–Kier alpha value is -1.42. The lowest BCUT2D eigenvalue weighted by Gasteiger charge is -2.37. The Bertz CT molecular complexity index is 516. The summed E-state index contributed by atoms with van der Waals surface area (Å²) in [6.45, 7) is 0.808. The molecule has 120 valence electrons. The third kappa shape index (κ3) is 3.32. The number of rotatable bonds is 3. The van der Waals surface area contributed by atoms with Gasteiger partial charge in [-0.15, -0.1) is 0 Å². The van der Waals surface area contributed by atoms with Crippen molar-refractivity contribution in [1.82, 2.24) is 4.90 Å². The van der Waals surface area contributed by atoms with E-state index < -0.39 is 0 Å². The minimum Gasteiger partial charge on any atom is -0.336 e. The predicted octanol–water partition coefficient (Wildman–Crippen LogP) is 3.40. The summed E-state index contributed by atoms with van der Waals surface area (Å²) in [7, 11) is 0. The van der Waals surface area contributed by atoms with Crippen LogP contribution in [0.2, 0.25) is 0 Å². The molecule has 0 aromatic heterocycles. The summed E-state index contributed by atoms with van der Waals surface area (Å²) >= 11 is 0. The Labute approximate surface area is 131 Å². The minimum atomic E-state index is -0.227. The van der Waals surface area contributed by atoms with Crippen molar-refractivity contribution in [3.8, 4) is 0 Å². The Balaban J connectivity index is 1.71. The highest BCUT2D eigenvalue weighted by molar-refractivity contribution is 5.77. The van der Waals surface area contributed by atoms with Gasteiger partial charge in [-0.1, -0.05) is 18.6 Å². The molecule has 1 aromatic rings. The molecule has 1 aromatic carbocycles. The number of amides is 1. The minimum absolute atomic E-state index is 0.0967. The topological polar surface area (TPSA) is 46.3 Å². The van der Waals surface area contributed by atoms with E-state index >= 15 is 0 Å². The summed E-state index contributed by atoms with van der Waals surface area (Å²) in [4.78, 5) is 14.7. The van der Waals surface area contributed by atoms with Gasteiger partial charge in [0, 0.05) is 19.0 Å². The number of carbonyl (C=O) groups is 1. The van der Waals surface area contributed by atoms with Gasteiger partial charge < -0.3 is 10.6 Å². The second-order valence-corrected chi connectivity index (χ2v) is 6.71. The van der Waals surface area contributed by atoms with E-state index in [0.717, 1.165) is 50.6 Å². The predicted molar refractivity (Wildman–Crippen MR) is 84.6 cm³/mol. The Morgan fingerprint density at radius 1 is 1.14 bits per heavy atom. The summed E-state index contributed by atoms with van der Waals surface area (Å²) in [5, 5.41) is 0. The van der Waals surface area contributed by atoms with Crippen LogP contribution in [-0.4, -0.2) is 23.4 Å². The number of carbonyl (C=O) groups excluding carboxylic acids is 1. The number of benzene rings is 1. The highest BCUT2D eigenvalue weighted by Gasteiger charge is 2.32. The van der Waals surface area contributed by atoms with Crippen LogP contribution >= 0.6 is 0 Å². The maximum Gasteiger partial charge on any atom is 0.223 e. The zero-order chi connectivity index (χ0) is 15.5. The zero-order valence-electron chi connectivity index (χ0n) is 13.0. The molecule has 2 aliphatic rings. The third-order valence-electron chi connectivity index (χ3n) is 5.23. The lowest BCUT2D eigenvalue weighted by atomic mass is 9.93. The van der Waals surface area contributed by atoms with Crippen LogP contribution in [-0.2, 0) is 4.79 Å². The Morgan fingerprint density at radius 3 is 2.59 bits per heavy atom. The molecule has 0 spiro atoms. The van der Waals surface area contributed by atoms with Gasteiger partial charge in [-0.2, -0.15) is 0 Å². The lowest BCUT2D eigenvalue weighted by Crippen LogP contribution is -2.40. The maximum absolute atomic E-state index is 13.1. The third-order valence-corrected chi connectivity index (χ3v) is 5.23. The van der Waals surface area contributed by atoms with Crippen LogP contribution in [0.15, 0.2) is 24.3 Å². The van der Waals surface area contributed by atoms with Crippen LogP contribution < -0.4 is 5.73 Å². The molecule has 4 heteroatoms. The molecule has 1 heterocycles. The smallest absolute Gasteiger partial charge is 0.223 e. The van der Waals surface area contributed by atoms with Crippen molar-refractivity contribution in [1.29, 1.82) is 0 Å². The van der Waals surface area contributed by atoms with Crippen molar-refractivity contribution >= 4 is 5.91 Å². The Kier molecular flexibility index (Phi) is 4.77. The fourth-order valence-electron chi connectivity index (χ4n) is 3.92. The molecule has 3 atom stereocenters. The molecule has 1 unspecified atom stereocenters. The quantitative estimate of drug-likeness (QED) is 0.930. The molecule has 3 nitrogen and oxygen atoms in total. The van der Waals surface area contributed by atoms with Gasteiger partial charge in [0.05, 0.1) is 6.04 Å². The molecule has 1 saturated heterocycles. The van der Waals surface area contributed by atoms with Gasteiger partial charge in [-0.3, -0.25) is 4.79 Å². The molecule has 2 N–H and O–H groups in total. The highest BCUT2D eigenvalue weighted by atomic mass is 19.1. The maximum atomic E-state index is 13.1. The first-order chi connectivity index (χ1) is 10.6. The molecule has 0 bridgehead atoms. The van der Waals surface area contributed by atoms with E-state index in [-0.39, 0.29) is 23.8 Å². The number of halogens is 1. The average Bonchev–Trinajstić information content (AvgIpc) is 2.93. The monoisotopic (exact) mass is 304 g/mol. The first kappa shape index (κ1) is 15.5. The van der Waals surface area contributed by atoms with E-state index in [0.29, 0.717) is 12.3 Å². The van der Waals surface area contributed by atoms with E-state index in [2.05, 4.69) is 0 Å². The fraction of sp³-hybridized carbons (Fsp3) is 0.611. The van der Waals surface area contributed by atoms with E-state index in [9.17, 15) is 9.18 Å². The summed E-state index contributed by atoms with van der Waals surface area (Å²) < 4.78 is 13.1. The fourth-order valence-corrected chi connectivity index (χ4v) is 3.92. The number of hydrogen-bond donors (Lipinski definition) is 1. The van der Waals surface area contributed by atoms with Crippen LogP contribution in [0.4, 0.5) is 4.39 Å². The van der Waals surface area contributed by atoms with Gasteiger partial charge in [0.25, 0.3) is 0 Å². The van der Waals surface area contributed by atoms with Gasteiger partial charge >= 0.3 is 0 Å². The normalized spacial score (nSPS) is 28.8. The largest absolute Gasteiger partial charge is 0.336 e. The SMILES string of the molecule is N[C@@H]1CCC[C@H]1CC(=O)N1CCCCC1c1ccc(F)cc1. The molecule has 1 amide bonds. The molecular weight excluding hydrogens is 279 g/mol. The van der Waals surface area contributed by atoms with Gasteiger partial charge in [0.15, 0.2) is 0 Å². The van der Waals surface area contributed by atoms with Crippen LogP contribution in [0.5, 0.6) is 0 Å². The van der Waals surface area contributed by atoms with E-state index in [4.69, 9.17) is 5.73 Å². The first-order valence-corrected chi connectivity index (χ1v) is 8.45. The highest BCUT2D eigenvalue weighted by Crippen LogP contribution is 2.34. The number of hydrogen-bond acceptors (Lipinski definition) is 2. The average molecular weight is 304 g/mol. The molecule has 22 heavy (non-hydrogen) atoms. The molecule has 3 rings (SSSR count). The number of nitrogens with two attached hydrogens (primary N) is 1. The zero-order valence-corrected chi connectivity index (χ0v) is 13.0. The van der Waals surface area contributed by atoms with Crippen molar-refractivity contribution in [2.75, 3.05) is 6.54 Å². The molecular formula is C18H25FN2O. The first-order valence-electron chi connectivity index (χ1n) is 8.45. The summed E-state index contributed by atoms with van der Waals surface area (Å²) in [6, 6.07) is 6.87. The number of likely N-dealkylation sites (tertiary alicyclic amines) is 1. The summed E-state index contributed by atoms with van der Waals surface area (Å²) in [5.74, 6) is 0.328. The standard InChI is InChI=1S/C18H25FN2O/c19-15-9-7-13(8-10-15)17-6-1-2-11-21(17)18(22)12-14-4-3-5-16(14)20/h7-10,14,16-17H,1-6,11-12,20H2/t14-,16+,17?/m0/s1. The van der Waals surface area contributed by atoms with E-state index in [1.54, 1.807) is 0 Å².